The van der Waals surface area contributed by atoms with Gasteiger partial charge in [-0.25, -0.2) is 17.9 Å². The number of esters is 1. The molecule has 0 radical (unpaired) electrons. The van der Waals surface area contributed by atoms with Crippen molar-refractivity contribution in [3.63, 3.8) is 0 Å². The van der Waals surface area contributed by atoms with E-state index in [0.29, 0.717) is 0 Å². The third-order valence-electron chi connectivity index (χ3n) is 2.85. The Kier molecular flexibility index (Phi) is 4.57. The van der Waals surface area contributed by atoms with Crippen LogP contribution in [0.25, 0.3) is 0 Å². The van der Waals surface area contributed by atoms with E-state index in [-0.39, 0.29) is 16.0 Å². The maximum absolute atomic E-state index is 12.0. The fourth-order valence-electron chi connectivity index (χ4n) is 1.72. The highest BCUT2D eigenvalue weighted by atomic mass is 32.2. The third kappa shape index (κ3) is 3.50. The van der Waals surface area contributed by atoms with Crippen LogP contribution in [0.4, 0.5) is 0 Å². The lowest BCUT2D eigenvalue weighted by Gasteiger charge is -2.07. The molecule has 0 heterocycles. The zero-order chi connectivity index (χ0) is 16.2. The van der Waals surface area contributed by atoms with E-state index < -0.39 is 21.9 Å². The molecule has 0 aliphatic carbocycles. The number of carbonyl (C=O) groups is 2. The molecule has 0 saturated carbocycles. The van der Waals surface area contributed by atoms with Gasteiger partial charge >= 0.3 is 5.97 Å². The summed E-state index contributed by atoms with van der Waals surface area (Å²) < 4.78 is 30.6. The van der Waals surface area contributed by atoms with E-state index in [2.05, 4.69) is 4.74 Å². The summed E-state index contributed by atoms with van der Waals surface area (Å²) in [6.07, 6.45) is 0. The van der Waals surface area contributed by atoms with Crippen molar-refractivity contribution >= 4 is 21.9 Å². The van der Waals surface area contributed by atoms with Gasteiger partial charge in [-0.2, -0.15) is 0 Å². The molecule has 0 bridgehead atoms. The van der Waals surface area contributed by atoms with Crippen LogP contribution in [-0.4, -0.2) is 27.4 Å². The minimum Gasteiger partial charge on any atom is -0.465 e. The van der Waals surface area contributed by atoms with E-state index >= 15 is 0 Å². The highest BCUT2D eigenvalue weighted by Crippen LogP contribution is 2.10. The van der Waals surface area contributed by atoms with E-state index in [1.807, 2.05) is 4.72 Å². The van der Waals surface area contributed by atoms with Crippen molar-refractivity contribution in [2.45, 2.75) is 4.90 Å². The third-order valence-corrected chi connectivity index (χ3v) is 4.20. The Morgan fingerprint density at radius 1 is 0.909 bits per heavy atom. The summed E-state index contributed by atoms with van der Waals surface area (Å²) in [4.78, 5) is 23.3. The Bertz CT molecular complexity index is 782. The number of hydrogen-bond acceptors (Lipinski definition) is 5. The van der Waals surface area contributed by atoms with Crippen molar-refractivity contribution in [2.75, 3.05) is 7.11 Å². The predicted octanol–water partition coefficient (Wildman–Crippen LogP) is 1.59. The van der Waals surface area contributed by atoms with Crippen LogP contribution in [0.1, 0.15) is 20.7 Å². The number of rotatable bonds is 4. The van der Waals surface area contributed by atoms with Gasteiger partial charge in [0.1, 0.15) is 0 Å². The van der Waals surface area contributed by atoms with Gasteiger partial charge in [0, 0.05) is 5.56 Å². The number of amides is 1. The van der Waals surface area contributed by atoms with Gasteiger partial charge < -0.3 is 4.74 Å². The van der Waals surface area contributed by atoms with Crippen molar-refractivity contribution in [3.8, 4) is 0 Å². The van der Waals surface area contributed by atoms with Gasteiger partial charge in [0.05, 0.1) is 17.6 Å². The molecule has 2 aromatic rings. The van der Waals surface area contributed by atoms with Crippen LogP contribution in [-0.2, 0) is 14.8 Å². The summed E-state index contributed by atoms with van der Waals surface area (Å²) in [6.45, 7) is 0. The zero-order valence-corrected chi connectivity index (χ0v) is 12.5. The highest BCUT2D eigenvalue weighted by molar-refractivity contribution is 7.90. The van der Waals surface area contributed by atoms with E-state index in [0.717, 1.165) is 0 Å². The van der Waals surface area contributed by atoms with Crippen LogP contribution in [0.2, 0.25) is 0 Å². The standard InChI is InChI=1S/C15H13NO5S/c1-21-15(18)12-9-7-11(8-10-12)14(17)16-22(19,20)13-5-3-2-4-6-13/h2-10H,1H3,(H,16,17). The van der Waals surface area contributed by atoms with Crippen LogP contribution in [0.5, 0.6) is 0 Å². The van der Waals surface area contributed by atoms with Crippen LogP contribution in [0.15, 0.2) is 59.5 Å². The van der Waals surface area contributed by atoms with Gasteiger partial charge in [0.25, 0.3) is 15.9 Å². The molecule has 7 heteroatoms. The molecule has 0 saturated heterocycles. The number of methoxy groups -OCH3 is 1. The van der Waals surface area contributed by atoms with Crippen LogP contribution >= 0.6 is 0 Å². The second-order valence-electron chi connectivity index (χ2n) is 4.32. The molecule has 1 amide bonds. The molecule has 0 spiro atoms. The summed E-state index contributed by atoms with van der Waals surface area (Å²) in [5.74, 6) is -1.32. The van der Waals surface area contributed by atoms with Gasteiger partial charge in [0.2, 0.25) is 0 Å². The summed E-state index contributed by atoms with van der Waals surface area (Å²) in [7, 11) is -2.68. The topological polar surface area (TPSA) is 89.5 Å². The van der Waals surface area contributed by atoms with Crippen LogP contribution in [0, 0.1) is 0 Å². The number of benzene rings is 2. The van der Waals surface area contributed by atoms with Crippen molar-refractivity contribution in [1.82, 2.24) is 4.72 Å². The van der Waals surface area contributed by atoms with Crippen LogP contribution < -0.4 is 4.72 Å². The molecule has 6 nitrogen and oxygen atoms in total. The molecule has 2 rings (SSSR count). The van der Waals surface area contributed by atoms with E-state index in [1.165, 1.54) is 43.5 Å². The molecule has 0 aliphatic heterocycles. The monoisotopic (exact) mass is 319 g/mol. The number of sulfonamides is 1. The van der Waals surface area contributed by atoms with Gasteiger partial charge in [0.15, 0.2) is 0 Å². The first-order chi connectivity index (χ1) is 10.4. The summed E-state index contributed by atoms with van der Waals surface area (Å²) >= 11 is 0. The lowest BCUT2D eigenvalue weighted by molar-refractivity contribution is 0.0600. The van der Waals surface area contributed by atoms with Gasteiger partial charge in [-0.05, 0) is 36.4 Å². The van der Waals surface area contributed by atoms with Gasteiger partial charge in [-0.15, -0.1) is 0 Å². The summed E-state index contributed by atoms with van der Waals surface area (Å²) in [5.41, 5.74) is 0.386. The van der Waals surface area contributed by atoms with Crippen LogP contribution in [0.3, 0.4) is 0 Å². The van der Waals surface area contributed by atoms with Crippen molar-refractivity contribution in [1.29, 1.82) is 0 Å². The largest absolute Gasteiger partial charge is 0.465 e. The number of ether oxygens (including phenoxy) is 1. The molecule has 22 heavy (non-hydrogen) atoms. The minimum atomic E-state index is -3.93. The first-order valence-corrected chi connectivity index (χ1v) is 7.73. The molecule has 2 aromatic carbocycles. The SMILES string of the molecule is COC(=O)c1ccc(C(=O)NS(=O)(=O)c2ccccc2)cc1. The maximum atomic E-state index is 12.0. The quantitative estimate of drug-likeness (QED) is 0.864. The molecule has 0 aliphatic rings. The lowest BCUT2D eigenvalue weighted by Crippen LogP contribution is -2.30. The van der Waals surface area contributed by atoms with Crippen molar-refractivity contribution in [3.05, 3.63) is 65.7 Å². The second kappa shape index (κ2) is 6.40. The Labute approximate surface area is 127 Å². The van der Waals surface area contributed by atoms with E-state index in [9.17, 15) is 18.0 Å². The molecular formula is C15H13NO5S. The second-order valence-corrected chi connectivity index (χ2v) is 6.00. The maximum Gasteiger partial charge on any atom is 0.337 e. The number of hydrogen-bond donors (Lipinski definition) is 1. The Morgan fingerprint density at radius 3 is 2.00 bits per heavy atom. The zero-order valence-electron chi connectivity index (χ0n) is 11.6. The van der Waals surface area contributed by atoms with Gasteiger partial charge in [-0.3, -0.25) is 4.79 Å². The first kappa shape index (κ1) is 15.7. The van der Waals surface area contributed by atoms with Crippen molar-refractivity contribution in [2.24, 2.45) is 0 Å². The molecule has 0 atom stereocenters. The van der Waals surface area contributed by atoms with E-state index in [1.54, 1.807) is 18.2 Å². The smallest absolute Gasteiger partial charge is 0.337 e. The first-order valence-electron chi connectivity index (χ1n) is 6.24. The molecule has 0 unspecified atom stereocenters. The molecule has 1 N–H and O–H groups in total. The predicted molar refractivity (Wildman–Crippen MR) is 78.9 cm³/mol. The average molecular weight is 319 g/mol. The highest BCUT2D eigenvalue weighted by Gasteiger charge is 2.18. The molecular weight excluding hydrogens is 306 g/mol. The summed E-state index contributed by atoms with van der Waals surface area (Å²) in [6, 6.07) is 13.0. The molecule has 0 aromatic heterocycles. The normalized spacial score (nSPS) is 10.8. The average Bonchev–Trinajstić information content (AvgIpc) is 2.54. The Morgan fingerprint density at radius 2 is 1.45 bits per heavy atom. The van der Waals surface area contributed by atoms with E-state index in [4.69, 9.17) is 0 Å². The lowest BCUT2D eigenvalue weighted by atomic mass is 10.1. The summed E-state index contributed by atoms with van der Waals surface area (Å²) in [5, 5.41) is 0. The molecule has 114 valence electrons. The fourth-order valence-corrected chi connectivity index (χ4v) is 2.71. The number of nitrogens with one attached hydrogen (secondary N) is 1. The minimum absolute atomic E-state index is 0.00506. The molecule has 0 fully saturated rings. The number of carbonyl (C=O) groups excluding carboxylic acids is 2. The fraction of sp³-hybridized carbons (Fsp3) is 0.0667. The Hall–Kier alpha value is -2.67. The van der Waals surface area contributed by atoms with Gasteiger partial charge in [-0.1, -0.05) is 18.2 Å². The Balaban J connectivity index is 2.17. The van der Waals surface area contributed by atoms with Crippen molar-refractivity contribution < 1.29 is 22.7 Å².